The number of rotatable bonds is 5. The van der Waals surface area contributed by atoms with Gasteiger partial charge in [0.25, 0.3) is 0 Å². The lowest BCUT2D eigenvalue weighted by atomic mass is 9.95. The number of methoxy groups -OCH3 is 1. The van der Waals surface area contributed by atoms with E-state index in [2.05, 4.69) is 29.6 Å². The molecule has 2 atom stereocenters. The molecule has 2 aromatic carbocycles. The van der Waals surface area contributed by atoms with Crippen LogP contribution in [-0.4, -0.2) is 20.2 Å². The van der Waals surface area contributed by atoms with E-state index in [1.807, 2.05) is 30.3 Å². The Morgan fingerprint density at radius 2 is 1.71 bits per heavy atom. The van der Waals surface area contributed by atoms with E-state index >= 15 is 0 Å². The van der Waals surface area contributed by atoms with E-state index in [-0.39, 0.29) is 6.10 Å². The number of para-hydroxylation sites is 2. The Balaban J connectivity index is 1.88. The van der Waals surface area contributed by atoms with E-state index in [0.29, 0.717) is 5.92 Å². The summed E-state index contributed by atoms with van der Waals surface area (Å²) in [5.41, 5.74) is 1.22. The second-order valence-corrected chi connectivity index (χ2v) is 5.35. The van der Waals surface area contributed by atoms with Gasteiger partial charge in [0.15, 0.2) is 11.5 Å². The van der Waals surface area contributed by atoms with Crippen molar-refractivity contribution in [2.24, 2.45) is 5.92 Å². The standard InChI is InChI=1S/C18H21NO2/c1-20-16-9-5-6-10-17(16)21-18(15-11-12-19-13-15)14-7-3-2-4-8-14/h2-10,15,18-19H,11-13H2,1H3/t15-,18-/m0/s1. The maximum atomic E-state index is 6.34. The Morgan fingerprint density at radius 3 is 2.38 bits per heavy atom. The van der Waals surface area contributed by atoms with E-state index < -0.39 is 0 Å². The summed E-state index contributed by atoms with van der Waals surface area (Å²) in [4.78, 5) is 0. The molecule has 110 valence electrons. The molecule has 0 aromatic heterocycles. The molecule has 0 radical (unpaired) electrons. The highest BCUT2D eigenvalue weighted by molar-refractivity contribution is 5.40. The Hall–Kier alpha value is -2.00. The summed E-state index contributed by atoms with van der Waals surface area (Å²) in [5, 5.41) is 3.43. The number of hydrogen-bond acceptors (Lipinski definition) is 3. The van der Waals surface area contributed by atoms with Gasteiger partial charge in [0.1, 0.15) is 6.10 Å². The third kappa shape index (κ3) is 3.19. The van der Waals surface area contributed by atoms with Gasteiger partial charge in [-0.25, -0.2) is 0 Å². The zero-order valence-corrected chi connectivity index (χ0v) is 12.3. The summed E-state index contributed by atoms with van der Waals surface area (Å²) in [5.74, 6) is 2.07. The minimum Gasteiger partial charge on any atom is -0.493 e. The molecule has 1 aliphatic heterocycles. The van der Waals surface area contributed by atoms with Crippen molar-refractivity contribution in [1.29, 1.82) is 0 Å². The van der Waals surface area contributed by atoms with E-state index in [4.69, 9.17) is 9.47 Å². The lowest BCUT2D eigenvalue weighted by Crippen LogP contribution is -2.21. The van der Waals surface area contributed by atoms with Crippen LogP contribution in [0.2, 0.25) is 0 Å². The van der Waals surface area contributed by atoms with E-state index in [1.54, 1.807) is 7.11 Å². The van der Waals surface area contributed by atoms with Gasteiger partial charge in [-0.05, 0) is 30.7 Å². The van der Waals surface area contributed by atoms with Crippen molar-refractivity contribution in [3.63, 3.8) is 0 Å². The van der Waals surface area contributed by atoms with Crippen molar-refractivity contribution in [2.75, 3.05) is 20.2 Å². The first kappa shape index (κ1) is 14.0. The predicted octanol–water partition coefficient (Wildman–Crippen LogP) is 3.42. The minimum absolute atomic E-state index is 0.0532. The summed E-state index contributed by atoms with van der Waals surface area (Å²) in [7, 11) is 1.68. The molecule has 2 aromatic rings. The van der Waals surface area contributed by atoms with Crippen LogP contribution >= 0.6 is 0 Å². The maximum Gasteiger partial charge on any atom is 0.162 e. The first-order chi connectivity index (χ1) is 10.4. The first-order valence-electron chi connectivity index (χ1n) is 7.44. The number of ether oxygens (including phenoxy) is 2. The molecule has 0 saturated carbocycles. The lowest BCUT2D eigenvalue weighted by molar-refractivity contribution is 0.139. The van der Waals surface area contributed by atoms with Gasteiger partial charge in [0.2, 0.25) is 0 Å². The van der Waals surface area contributed by atoms with Crippen molar-refractivity contribution < 1.29 is 9.47 Å². The highest BCUT2D eigenvalue weighted by Gasteiger charge is 2.28. The van der Waals surface area contributed by atoms with Gasteiger partial charge in [-0.1, -0.05) is 42.5 Å². The third-order valence-corrected chi connectivity index (χ3v) is 3.98. The summed E-state index contributed by atoms with van der Waals surface area (Å²) >= 11 is 0. The number of benzene rings is 2. The van der Waals surface area contributed by atoms with Gasteiger partial charge in [-0.2, -0.15) is 0 Å². The molecular weight excluding hydrogens is 262 g/mol. The molecule has 1 fully saturated rings. The molecule has 0 bridgehead atoms. The van der Waals surface area contributed by atoms with Gasteiger partial charge < -0.3 is 14.8 Å². The summed E-state index contributed by atoms with van der Waals surface area (Å²) in [6, 6.07) is 18.3. The Bertz CT molecular complexity index is 564. The van der Waals surface area contributed by atoms with E-state index in [0.717, 1.165) is 31.0 Å². The molecule has 3 heteroatoms. The maximum absolute atomic E-state index is 6.34. The topological polar surface area (TPSA) is 30.5 Å². The van der Waals surface area contributed by atoms with Crippen molar-refractivity contribution in [1.82, 2.24) is 5.32 Å². The molecule has 1 heterocycles. The molecule has 1 aliphatic rings. The van der Waals surface area contributed by atoms with Crippen LogP contribution in [0.25, 0.3) is 0 Å². The zero-order chi connectivity index (χ0) is 14.5. The average molecular weight is 283 g/mol. The molecule has 0 unspecified atom stereocenters. The largest absolute Gasteiger partial charge is 0.493 e. The van der Waals surface area contributed by atoms with Gasteiger partial charge in [0, 0.05) is 12.5 Å². The van der Waals surface area contributed by atoms with Gasteiger partial charge in [0.05, 0.1) is 7.11 Å². The minimum atomic E-state index is 0.0532. The van der Waals surface area contributed by atoms with Crippen LogP contribution in [0.3, 0.4) is 0 Å². The molecular formula is C18H21NO2. The van der Waals surface area contributed by atoms with Gasteiger partial charge >= 0.3 is 0 Å². The SMILES string of the molecule is COc1ccccc1O[C@@H](c1ccccc1)[C@H]1CCNC1. The molecule has 3 rings (SSSR count). The van der Waals surface area contributed by atoms with Crippen LogP contribution in [0.1, 0.15) is 18.1 Å². The van der Waals surface area contributed by atoms with Crippen LogP contribution in [0.5, 0.6) is 11.5 Å². The molecule has 1 N–H and O–H groups in total. The summed E-state index contributed by atoms with van der Waals surface area (Å²) < 4.78 is 11.7. The number of nitrogens with one attached hydrogen (secondary N) is 1. The first-order valence-corrected chi connectivity index (χ1v) is 7.44. The van der Waals surface area contributed by atoms with Gasteiger partial charge in [-0.15, -0.1) is 0 Å². The highest BCUT2D eigenvalue weighted by atomic mass is 16.5. The van der Waals surface area contributed by atoms with E-state index in [1.165, 1.54) is 5.56 Å². The fraction of sp³-hybridized carbons (Fsp3) is 0.333. The van der Waals surface area contributed by atoms with Crippen LogP contribution in [0.4, 0.5) is 0 Å². The van der Waals surface area contributed by atoms with Crippen molar-refractivity contribution in [3.05, 3.63) is 60.2 Å². The zero-order valence-electron chi connectivity index (χ0n) is 12.3. The Kier molecular flexibility index (Phi) is 4.41. The third-order valence-electron chi connectivity index (χ3n) is 3.98. The fourth-order valence-electron chi connectivity index (χ4n) is 2.87. The molecule has 1 saturated heterocycles. The highest BCUT2D eigenvalue weighted by Crippen LogP contribution is 2.35. The summed E-state index contributed by atoms with van der Waals surface area (Å²) in [6.07, 6.45) is 1.19. The van der Waals surface area contributed by atoms with Crippen LogP contribution in [0, 0.1) is 5.92 Å². The number of hydrogen-bond donors (Lipinski definition) is 1. The quantitative estimate of drug-likeness (QED) is 0.912. The smallest absolute Gasteiger partial charge is 0.162 e. The molecule has 0 spiro atoms. The molecule has 0 aliphatic carbocycles. The second kappa shape index (κ2) is 6.64. The van der Waals surface area contributed by atoms with Crippen LogP contribution in [-0.2, 0) is 0 Å². The van der Waals surface area contributed by atoms with Crippen molar-refractivity contribution in [3.8, 4) is 11.5 Å². The van der Waals surface area contributed by atoms with E-state index in [9.17, 15) is 0 Å². The molecule has 21 heavy (non-hydrogen) atoms. The normalized spacial score (nSPS) is 19.2. The van der Waals surface area contributed by atoms with Crippen molar-refractivity contribution in [2.45, 2.75) is 12.5 Å². The average Bonchev–Trinajstić information content (AvgIpc) is 3.08. The monoisotopic (exact) mass is 283 g/mol. The van der Waals surface area contributed by atoms with Crippen molar-refractivity contribution >= 4 is 0 Å². The molecule has 0 amide bonds. The van der Waals surface area contributed by atoms with Gasteiger partial charge in [-0.3, -0.25) is 0 Å². The molecule has 3 nitrogen and oxygen atoms in total. The fourth-order valence-corrected chi connectivity index (χ4v) is 2.87. The summed E-state index contributed by atoms with van der Waals surface area (Å²) in [6.45, 7) is 2.05. The Morgan fingerprint density at radius 1 is 1.00 bits per heavy atom. The van der Waals surface area contributed by atoms with Crippen LogP contribution in [0.15, 0.2) is 54.6 Å². The Labute approximate surface area is 125 Å². The predicted molar refractivity (Wildman–Crippen MR) is 83.8 cm³/mol. The lowest BCUT2D eigenvalue weighted by Gasteiger charge is -2.25. The van der Waals surface area contributed by atoms with Crippen LogP contribution < -0.4 is 14.8 Å². The second-order valence-electron chi connectivity index (χ2n) is 5.35.